The fraction of sp³-hybridized carbons (Fsp3) is 0.400. The van der Waals surface area contributed by atoms with Gasteiger partial charge in [0.2, 0.25) is 0 Å². The summed E-state index contributed by atoms with van der Waals surface area (Å²) in [5, 5.41) is 6.80. The molecule has 0 aliphatic carbocycles. The van der Waals surface area contributed by atoms with Gasteiger partial charge in [0.1, 0.15) is 0 Å². The lowest BCUT2D eigenvalue weighted by atomic mass is 9.97. The van der Waals surface area contributed by atoms with Crippen molar-refractivity contribution in [2.24, 2.45) is 0 Å². The van der Waals surface area contributed by atoms with Gasteiger partial charge in [0.25, 0.3) is 0 Å². The van der Waals surface area contributed by atoms with E-state index in [1.54, 1.807) is 11.3 Å². The fourth-order valence-corrected chi connectivity index (χ4v) is 2.95. The Bertz CT molecular complexity index is 491. The minimum Gasteiger partial charge on any atom is -0.310 e. The molecule has 96 valence electrons. The fourth-order valence-electron chi connectivity index (χ4n) is 2.28. The summed E-state index contributed by atoms with van der Waals surface area (Å²) >= 11 is 1.73. The van der Waals surface area contributed by atoms with Crippen LogP contribution in [-0.2, 0) is 6.42 Å². The Morgan fingerprint density at radius 3 is 2.78 bits per heavy atom. The predicted octanol–water partition coefficient (Wildman–Crippen LogP) is 3.65. The van der Waals surface area contributed by atoms with E-state index >= 15 is 0 Å². The second-order valence-corrected chi connectivity index (χ2v) is 5.58. The van der Waals surface area contributed by atoms with Gasteiger partial charge >= 0.3 is 0 Å². The molecule has 0 aliphatic heterocycles. The summed E-state index contributed by atoms with van der Waals surface area (Å²) in [6.07, 6.45) is 2.85. The van der Waals surface area contributed by atoms with Crippen LogP contribution < -0.4 is 5.32 Å². The van der Waals surface area contributed by atoms with Crippen LogP contribution in [0.4, 0.5) is 0 Å². The molecule has 1 heterocycles. The number of aryl methyl sites for hydroxylation is 2. The van der Waals surface area contributed by atoms with E-state index in [0.29, 0.717) is 6.04 Å². The van der Waals surface area contributed by atoms with Gasteiger partial charge in [0, 0.05) is 24.0 Å². The number of aromatic nitrogens is 1. The Balaban J connectivity index is 2.23. The van der Waals surface area contributed by atoms with Gasteiger partial charge in [0.05, 0.1) is 5.01 Å². The average Bonchev–Trinajstić information content (AvgIpc) is 2.81. The smallest absolute Gasteiger partial charge is 0.0943 e. The van der Waals surface area contributed by atoms with Crippen LogP contribution >= 0.6 is 11.3 Å². The molecular formula is C15H20N2S. The minimum absolute atomic E-state index is 0.363. The monoisotopic (exact) mass is 260 g/mol. The van der Waals surface area contributed by atoms with Crippen molar-refractivity contribution in [1.82, 2.24) is 10.3 Å². The normalized spacial score (nSPS) is 12.6. The first-order valence-corrected chi connectivity index (χ1v) is 7.27. The van der Waals surface area contributed by atoms with E-state index < -0.39 is 0 Å². The zero-order valence-corrected chi connectivity index (χ0v) is 12.1. The predicted molar refractivity (Wildman–Crippen MR) is 78.2 cm³/mol. The molecule has 1 aromatic heterocycles. The number of hydrogen-bond acceptors (Lipinski definition) is 3. The van der Waals surface area contributed by atoms with E-state index in [9.17, 15) is 0 Å². The van der Waals surface area contributed by atoms with Crippen molar-refractivity contribution in [3.63, 3.8) is 0 Å². The Kier molecular flexibility index (Phi) is 4.50. The molecule has 1 unspecified atom stereocenters. The van der Waals surface area contributed by atoms with Crippen molar-refractivity contribution in [1.29, 1.82) is 0 Å². The van der Waals surface area contributed by atoms with E-state index in [2.05, 4.69) is 49.3 Å². The van der Waals surface area contributed by atoms with E-state index in [1.165, 1.54) is 21.7 Å². The third-order valence-electron chi connectivity index (χ3n) is 3.11. The van der Waals surface area contributed by atoms with Gasteiger partial charge in [0.15, 0.2) is 0 Å². The molecule has 0 aliphatic rings. The Morgan fingerprint density at radius 1 is 1.33 bits per heavy atom. The van der Waals surface area contributed by atoms with Gasteiger partial charge in [-0.1, -0.05) is 30.7 Å². The molecule has 0 saturated carbocycles. The first-order valence-electron chi connectivity index (χ1n) is 6.39. The van der Waals surface area contributed by atoms with Gasteiger partial charge in [-0.3, -0.25) is 0 Å². The first-order chi connectivity index (χ1) is 8.70. The lowest BCUT2D eigenvalue weighted by Crippen LogP contribution is -2.23. The third-order valence-corrected chi connectivity index (χ3v) is 3.92. The number of hydrogen-bond donors (Lipinski definition) is 1. The summed E-state index contributed by atoms with van der Waals surface area (Å²) in [6, 6.07) is 7.04. The quantitative estimate of drug-likeness (QED) is 0.887. The molecule has 1 N–H and O–H groups in total. The highest BCUT2D eigenvalue weighted by molar-refractivity contribution is 7.09. The minimum atomic E-state index is 0.363. The summed E-state index contributed by atoms with van der Waals surface area (Å²) in [6.45, 7) is 7.45. The van der Waals surface area contributed by atoms with Gasteiger partial charge < -0.3 is 5.32 Å². The topological polar surface area (TPSA) is 24.9 Å². The van der Waals surface area contributed by atoms with Gasteiger partial charge in [-0.15, -0.1) is 11.3 Å². The number of likely N-dealkylation sites (N-methyl/N-ethyl adjacent to an activating group) is 1. The lowest BCUT2D eigenvalue weighted by molar-refractivity contribution is 0.546. The highest BCUT2D eigenvalue weighted by Gasteiger charge is 2.14. The number of nitrogens with one attached hydrogen (secondary N) is 1. The zero-order chi connectivity index (χ0) is 13.0. The van der Waals surface area contributed by atoms with Crippen LogP contribution in [-0.4, -0.2) is 11.5 Å². The molecule has 1 aromatic carbocycles. The average molecular weight is 260 g/mol. The van der Waals surface area contributed by atoms with E-state index in [0.717, 1.165) is 13.0 Å². The van der Waals surface area contributed by atoms with Crippen molar-refractivity contribution < 1.29 is 0 Å². The number of nitrogens with zero attached hydrogens (tertiary/aromatic N) is 1. The molecular weight excluding hydrogens is 240 g/mol. The second kappa shape index (κ2) is 6.12. The largest absolute Gasteiger partial charge is 0.310 e. The van der Waals surface area contributed by atoms with Crippen molar-refractivity contribution in [3.05, 3.63) is 51.5 Å². The van der Waals surface area contributed by atoms with Gasteiger partial charge in [-0.25, -0.2) is 4.98 Å². The molecule has 2 nitrogen and oxygen atoms in total. The third kappa shape index (κ3) is 3.18. The van der Waals surface area contributed by atoms with Crippen LogP contribution in [0.25, 0.3) is 0 Å². The van der Waals surface area contributed by atoms with Crippen molar-refractivity contribution in [2.45, 2.75) is 33.2 Å². The summed E-state index contributed by atoms with van der Waals surface area (Å²) < 4.78 is 0. The molecule has 0 saturated heterocycles. The number of benzene rings is 1. The summed E-state index contributed by atoms with van der Waals surface area (Å²) in [5.74, 6) is 0. The Labute approximate surface area is 113 Å². The molecule has 18 heavy (non-hydrogen) atoms. The SMILES string of the molecule is CCNC(Cc1nccs1)c1ccc(C)cc1C. The molecule has 2 rings (SSSR count). The van der Waals surface area contributed by atoms with Crippen LogP contribution in [0.2, 0.25) is 0 Å². The van der Waals surface area contributed by atoms with E-state index in [1.807, 2.05) is 11.6 Å². The summed E-state index contributed by atoms with van der Waals surface area (Å²) in [5.41, 5.74) is 4.07. The second-order valence-electron chi connectivity index (χ2n) is 4.60. The highest BCUT2D eigenvalue weighted by atomic mass is 32.1. The molecule has 3 heteroatoms. The van der Waals surface area contributed by atoms with Crippen LogP contribution in [0.3, 0.4) is 0 Å². The number of rotatable bonds is 5. The molecule has 0 radical (unpaired) electrons. The maximum absolute atomic E-state index is 4.39. The Hall–Kier alpha value is -1.19. The van der Waals surface area contributed by atoms with E-state index in [4.69, 9.17) is 0 Å². The molecule has 0 spiro atoms. The Morgan fingerprint density at radius 2 is 2.17 bits per heavy atom. The van der Waals surface area contributed by atoms with E-state index in [-0.39, 0.29) is 0 Å². The first kappa shape index (κ1) is 13.2. The van der Waals surface area contributed by atoms with Crippen molar-refractivity contribution in [3.8, 4) is 0 Å². The van der Waals surface area contributed by atoms with Gasteiger partial charge in [-0.05, 0) is 31.5 Å². The van der Waals surface area contributed by atoms with Crippen molar-refractivity contribution in [2.75, 3.05) is 6.54 Å². The van der Waals surface area contributed by atoms with Gasteiger partial charge in [-0.2, -0.15) is 0 Å². The molecule has 0 bridgehead atoms. The maximum Gasteiger partial charge on any atom is 0.0943 e. The molecule has 0 fully saturated rings. The van der Waals surface area contributed by atoms with Crippen LogP contribution in [0.5, 0.6) is 0 Å². The molecule has 2 aromatic rings. The lowest BCUT2D eigenvalue weighted by Gasteiger charge is -2.19. The summed E-state index contributed by atoms with van der Waals surface area (Å²) in [4.78, 5) is 4.39. The zero-order valence-electron chi connectivity index (χ0n) is 11.2. The standard InChI is InChI=1S/C15H20N2S/c1-4-16-14(10-15-17-7-8-18-15)13-6-5-11(2)9-12(13)3/h5-9,14,16H,4,10H2,1-3H3. The van der Waals surface area contributed by atoms with Crippen LogP contribution in [0.15, 0.2) is 29.8 Å². The highest BCUT2D eigenvalue weighted by Crippen LogP contribution is 2.23. The maximum atomic E-state index is 4.39. The molecule has 0 amide bonds. The van der Waals surface area contributed by atoms with Crippen LogP contribution in [0.1, 0.15) is 34.7 Å². The summed E-state index contributed by atoms with van der Waals surface area (Å²) in [7, 11) is 0. The number of thiazole rings is 1. The molecule has 1 atom stereocenters. The van der Waals surface area contributed by atoms with Crippen LogP contribution in [0, 0.1) is 13.8 Å². The van der Waals surface area contributed by atoms with Crippen molar-refractivity contribution >= 4 is 11.3 Å².